The maximum atomic E-state index is 13.8. The SMILES string of the molecule is O=C(O)c1ccc2nc(Cc3ccc(Br)c(F)c3)n(CC3CCO3)c2c1. The van der Waals surface area contributed by atoms with Crippen molar-refractivity contribution >= 4 is 32.9 Å². The number of imidazole rings is 1. The van der Waals surface area contributed by atoms with Gasteiger partial charge in [0.15, 0.2) is 0 Å². The van der Waals surface area contributed by atoms with Gasteiger partial charge >= 0.3 is 5.97 Å². The highest BCUT2D eigenvalue weighted by atomic mass is 79.9. The minimum Gasteiger partial charge on any atom is -0.478 e. The Hall–Kier alpha value is -2.25. The first-order valence-electron chi connectivity index (χ1n) is 8.29. The van der Waals surface area contributed by atoms with Gasteiger partial charge in [-0.05, 0) is 58.2 Å². The molecule has 0 spiro atoms. The molecule has 1 unspecified atom stereocenters. The van der Waals surface area contributed by atoms with E-state index in [9.17, 15) is 14.3 Å². The number of halogens is 2. The smallest absolute Gasteiger partial charge is 0.335 e. The zero-order chi connectivity index (χ0) is 18.3. The number of fused-ring (bicyclic) bond motifs is 1. The highest BCUT2D eigenvalue weighted by molar-refractivity contribution is 9.10. The molecule has 0 saturated carbocycles. The molecule has 1 aliphatic rings. The van der Waals surface area contributed by atoms with Gasteiger partial charge in [0, 0.05) is 13.0 Å². The zero-order valence-corrected chi connectivity index (χ0v) is 15.4. The van der Waals surface area contributed by atoms with Gasteiger partial charge in [-0.2, -0.15) is 0 Å². The minimum absolute atomic E-state index is 0.0984. The fourth-order valence-corrected chi connectivity index (χ4v) is 3.36. The molecule has 4 rings (SSSR count). The fourth-order valence-electron chi connectivity index (χ4n) is 3.11. The molecule has 1 fully saturated rings. The molecule has 1 N–H and O–H groups in total. The summed E-state index contributed by atoms with van der Waals surface area (Å²) in [5.74, 6) is -0.531. The highest BCUT2D eigenvalue weighted by Crippen LogP contribution is 2.25. The molecule has 1 atom stereocenters. The lowest BCUT2D eigenvalue weighted by atomic mass is 10.1. The molecule has 2 aromatic carbocycles. The van der Waals surface area contributed by atoms with Crippen molar-refractivity contribution in [2.45, 2.75) is 25.5 Å². The molecule has 0 amide bonds. The third-order valence-corrected chi connectivity index (χ3v) is 5.24. The number of nitrogens with zero attached hydrogens (tertiary/aromatic N) is 2. The molecule has 26 heavy (non-hydrogen) atoms. The summed E-state index contributed by atoms with van der Waals surface area (Å²) >= 11 is 3.16. The first-order valence-corrected chi connectivity index (χ1v) is 9.08. The van der Waals surface area contributed by atoms with Crippen LogP contribution in [0.25, 0.3) is 11.0 Å². The van der Waals surface area contributed by atoms with Crippen molar-refractivity contribution in [3.05, 3.63) is 63.6 Å². The van der Waals surface area contributed by atoms with E-state index in [0.717, 1.165) is 35.4 Å². The van der Waals surface area contributed by atoms with E-state index in [1.165, 1.54) is 6.07 Å². The maximum Gasteiger partial charge on any atom is 0.335 e. The van der Waals surface area contributed by atoms with Gasteiger partial charge in [-0.1, -0.05) is 6.07 Å². The number of carboxylic acid groups (broad SMARTS) is 1. The molecule has 134 valence electrons. The van der Waals surface area contributed by atoms with Gasteiger partial charge in [0.1, 0.15) is 11.6 Å². The van der Waals surface area contributed by atoms with Crippen LogP contribution in [0.4, 0.5) is 4.39 Å². The second kappa shape index (κ2) is 6.81. The van der Waals surface area contributed by atoms with Crippen LogP contribution in [0.2, 0.25) is 0 Å². The fraction of sp³-hybridized carbons (Fsp3) is 0.263. The molecule has 0 bridgehead atoms. The van der Waals surface area contributed by atoms with Crippen molar-refractivity contribution in [2.24, 2.45) is 0 Å². The lowest BCUT2D eigenvalue weighted by molar-refractivity contribution is -0.0589. The molecule has 1 saturated heterocycles. The summed E-state index contributed by atoms with van der Waals surface area (Å²) in [4.78, 5) is 16.0. The Morgan fingerprint density at radius 3 is 2.81 bits per heavy atom. The molecule has 5 nitrogen and oxygen atoms in total. The van der Waals surface area contributed by atoms with E-state index in [0.29, 0.717) is 17.4 Å². The number of ether oxygens (including phenoxy) is 1. The molecule has 1 aromatic heterocycles. The zero-order valence-electron chi connectivity index (χ0n) is 13.8. The van der Waals surface area contributed by atoms with Crippen molar-refractivity contribution in [1.29, 1.82) is 0 Å². The van der Waals surface area contributed by atoms with Crippen LogP contribution in [0.15, 0.2) is 40.9 Å². The molecular weight excluding hydrogens is 403 g/mol. The third-order valence-electron chi connectivity index (χ3n) is 4.60. The van der Waals surface area contributed by atoms with E-state index in [2.05, 4.69) is 20.9 Å². The quantitative estimate of drug-likeness (QED) is 0.679. The molecular formula is C19H16BrFN2O3. The molecule has 3 aromatic rings. The predicted molar refractivity (Wildman–Crippen MR) is 98.0 cm³/mol. The Morgan fingerprint density at radius 2 is 2.15 bits per heavy atom. The predicted octanol–water partition coefficient (Wildman–Crippen LogP) is 4.02. The van der Waals surface area contributed by atoms with Crippen LogP contribution in [0.5, 0.6) is 0 Å². The van der Waals surface area contributed by atoms with Crippen molar-refractivity contribution in [2.75, 3.05) is 6.61 Å². The summed E-state index contributed by atoms with van der Waals surface area (Å²) < 4.78 is 21.8. The van der Waals surface area contributed by atoms with E-state index in [1.807, 2.05) is 10.6 Å². The summed E-state index contributed by atoms with van der Waals surface area (Å²) in [6.07, 6.45) is 1.51. The minimum atomic E-state index is -0.976. The normalized spacial score (nSPS) is 16.6. The van der Waals surface area contributed by atoms with Gasteiger partial charge in [0.2, 0.25) is 0 Å². The number of benzene rings is 2. The molecule has 7 heteroatoms. The largest absolute Gasteiger partial charge is 0.478 e. The Bertz CT molecular complexity index is 998. The number of hydrogen-bond acceptors (Lipinski definition) is 3. The second-order valence-corrected chi connectivity index (χ2v) is 7.21. The van der Waals surface area contributed by atoms with Crippen LogP contribution in [0, 0.1) is 5.82 Å². The van der Waals surface area contributed by atoms with Gasteiger partial charge in [0.25, 0.3) is 0 Å². The lowest BCUT2D eigenvalue weighted by Gasteiger charge is -2.27. The Morgan fingerprint density at radius 1 is 1.35 bits per heavy atom. The van der Waals surface area contributed by atoms with E-state index < -0.39 is 5.97 Å². The topological polar surface area (TPSA) is 64.3 Å². The highest BCUT2D eigenvalue weighted by Gasteiger charge is 2.22. The number of rotatable bonds is 5. The van der Waals surface area contributed by atoms with Crippen LogP contribution >= 0.6 is 15.9 Å². The van der Waals surface area contributed by atoms with E-state index in [1.54, 1.807) is 24.3 Å². The number of hydrogen-bond donors (Lipinski definition) is 1. The molecule has 0 radical (unpaired) electrons. The average Bonchev–Trinajstić information content (AvgIpc) is 2.90. The monoisotopic (exact) mass is 418 g/mol. The van der Waals surface area contributed by atoms with Crippen molar-refractivity contribution < 1.29 is 19.0 Å². The van der Waals surface area contributed by atoms with Crippen molar-refractivity contribution in [1.82, 2.24) is 9.55 Å². The number of aromatic nitrogens is 2. The van der Waals surface area contributed by atoms with Crippen LogP contribution in [-0.4, -0.2) is 33.3 Å². The van der Waals surface area contributed by atoms with Crippen molar-refractivity contribution in [3.63, 3.8) is 0 Å². The van der Waals surface area contributed by atoms with E-state index in [4.69, 9.17) is 4.74 Å². The summed E-state index contributed by atoms with van der Waals surface area (Å²) in [6.45, 7) is 1.35. The van der Waals surface area contributed by atoms with Crippen LogP contribution < -0.4 is 0 Å². The Labute approximate surface area is 157 Å². The Balaban J connectivity index is 1.77. The first-order chi connectivity index (χ1) is 12.5. The molecule has 2 heterocycles. The Kier molecular flexibility index (Phi) is 4.50. The number of carboxylic acids is 1. The summed E-state index contributed by atoms with van der Waals surface area (Å²) in [5, 5.41) is 9.27. The lowest BCUT2D eigenvalue weighted by Crippen LogP contribution is -2.31. The van der Waals surface area contributed by atoms with Gasteiger partial charge in [-0.15, -0.1) is 0 Å². The molecule has 1 aliphatic heterocycles. The second-order valence-electron chi connectivity index (χ2n) is 6.35. The summed E-state index contributed by atoms with van der Waals surface area (Å²) in [5.41, 5.74) is 2.50. The van der Waals surface area contributed by atoms with Crippen LogP contribution in [0.3, 0.4) is 0 Å². The summed E-state index contributed by atoms with van der Waals surface area (Å²) in [7, 11) is 0. The van der Waals surface area contributed by atoms with E-state index >= 15 is 0 Å². The molecule has 0 aliphatic carbocycles. The maximum absolute atomic E-state index is 13.8. The van der Waals surface area contributed by atoms with Crippen LogP contribution in [0.1, 0.15) is 28.2 Å². The van der Waals surface area contributed by atoms with Gasteiger partial charge in [-0.25, -0.2) is 14.2 Å². The standard InChI is InChI=1S/C19H16BrFN2O3/c20-14-3-1-11(7-15(14)21)8-18-22-16-4-2-12(19(24)25)9-17(16)23(18)10-13-5-6-26-13/h1-4,7,9,13H,5-6,8,10H2,(H,24,25). The van der Waals surface area contributed by atoms with Gasteiger partial charge in [0.05, 0.1) is 33.7 Å². The first kappa shape index (κ1) is 17.2. The third kappa shape index (κ3) is 3.24. The van der Waals surface area contributed by atoms with Gasteiger partial charge in [-0.3, -0.25) is 0 Å². The summed E-state index contributed by atoms with van der Waals surface area (Å²) in [6, 6.07) is 9.90. The van der Waals surface area contributed by atoms with Gasteiger partial charge < -0.3 is 14.4 Å². The number of carbonyl (C=O) groups is 1. The van der Waals surface area contributed by atoms with E-state index in [-0.39, 0.29) is 17.5 Å². The average molecular weight is 419 g/mol. The number of aromatic carboxylic acids is 1. The van der Waals surface area contributed by atoms with Crippen molar-refractivity contribution in [3.8, 4) is 0 Å². The van der Waals surface area contributed by atoms with Crippen LogP contribution in [-0.2, 0) is 17.7 Å².